The molecule has 1 aromatic heterocycles. The number of sulfonamides is 1. The molecule has 2 saturated heterocycles. The summed E-state index contributed by atoms with van der Waals surface area (Å²) in [5.41, 5.74) is 0.132. The molecule has 2 N–H and O–H groups in total. The van der Waals surface area contributed by atoms with Gasteiger partial charge < -0.3 is 10.6 Å². The molecule has 9 nitrogen and oxygen atoms in total. The third kappa shape index (κ3) is 3.91. The lowest BCUT2D eigenvalue weighted by Gasteiger charge is -2.31. The first-order valence-corrected chi connectivity index (χ1v) is 13.7. The fraction of sp³-hybridized carbons (Fsp3) is 0.435. The van der Waals surface area contributed by atoms with E-state index in [0.717, 1.165) is 47.4 Å². The van der Waals surface area contributed by atoms with Gasteiger partial charge in [0.25, 0.3) is 5.91 Å². The van der Waals surface area contributed by atoms with Crippen LogP contribution in [0.1, 0.15) is 42.5 Å². The number of carbonyl (C=O) groups is 3. The van der Waals surface area contributed by atoms with Gasteiger partial charge in [-0.25, -0.2) is 13.2 Å². The molecule has 0 saturated carbocycles. The van der Waals surface area contributed by atoms with Crippen molar-refractivity contribution < 1.29 is 22.8 Å². The maximum Gasteiger partial charge on any atom is 0.325 e. The number of carbonyl (C=O) groups excluding carboxylic acids is 3. The zero-order chi connectivity index (χ0) is 23.9. The molecule has 3 aliphatic rings. The highest BCUT2D eigenvalue weighted by molar-refractivity contribution is 7.89. The highest BCUT2D eigenvalue weighted by atomic mass is 32.2. The van der Waals surface area contributed by atoms with E-state index in [-0.39, 0.29) is 4.90 Å². The Morgan fingerprint density at radius 1 is 1.06 bits per heavy atom. The van der Waals surface area contributed by atoms with E-state index in [0.29, 0.717) is 25.2 Å². The number of hydrogen-bond acceptors (Lipinski definition) is 6. The molecule has 5 rings (SSSR count). The van der Waals surface area contributed by atoms with Gasteiger partial charge in [0.1, 0.15) is 12.1 Å². The van der Waals surface area contributed by atoms with E-state index in [2.05, 4.69) is 10.6 Å². The van der Waals surface area contributed by atoms with Crippen molar-refractivity contribution in [2.24, 2.45) is 0 Å². The van der Waals surface area contributed by atoms with Gasteiger partial charge in [0.15, 0.2) is 0 Å². The molecule has 2 fully saturated rings. The van der Waals surface area contributed by atoms with E-state index in [1.807, 2.05) is 11.4 Å². The lowest BCUT2D eigenvalue weighted by atomic mass is 9.80. The smallest absolute Gasteiger partial charge is 0.325 e. The number of imide groups is 1. The van der Waals surface area contributed by atoms with E-state index in [4.69, 9.17) is 0 Å². The van der Waals surface area contributed by atoms with E-state index < -0.39 is 40.0 Å². The lowest BCUT2D eigenvalue weighted by molar-refractivity contribution is -0.134. The van der Waals surface area contributed by atoms with Crippen LogP contribution in [0.5, 0.6) is 0 Å². The van der Waals surface area contributed by atoms with E-state index >= 15 is 0 Å². The summed E-state index contributed by atoms with van der Waals surface area (Å²) < 4.78 is 27.1. The van der Waals surface area contributed by atoms with Crippen LogP contribution in [0.15, 0.2) is 40.6 Å². The minimum Gasteiger partial charge on any atom is -0.325 e. The van der Waals surface area contributed by atoms with Gasteiger partial charge in [0, 0.05) is 29.2 Å². The summed E-state index contributed by atoms with van der Waals surface area (Å²) in [7, 11) is -3.56. The number of benzene rings is 1. The fourth-order valence-corrected chi connectivity index (χ4v) is 7.51. The molecule has 1 atom stereocenters. The maximum atomic E-state index is 13.2. The van der Waals surface area contributed by atoms with Gasteiger partial charge in [-0.15, -0.1) is 11.3 Å². The molecule has 0 unspecified atom stereocenters. The van der Waals surface area contributed by atoms with Gasteiger partial charge in [-0.2, -0.15) is 4.31 Å². The number of anilines is 1. The average molecular weight is 503 g/mol. The number of amides is 4. The van der Waals surface area contributed by atoms with Crippen LogP contribution in [0.2, 0.25) is 0 Å². The van der Waals surface area contributed by atoms with E-state index in [1.54, 1.807) is 11.3 Å². The van der Waals surface area contributed by atoms with Crippen LogP contribution in [-0.2, 0) is 31.6 Å². The van der Waals surface area contributed by atoms with Gasteiger partial charge in [0.2, 0.25) is 15.9 Å². The lowest BCUT2D eigenvalue weighted by Crippen LogP contribution is -2.46. The number of fused-ring (bicyclic) bond motifs is 2. The topological polar surface area (TPSA) is 116 Å². The normalized spacial score (nSPS) is 23.1. The summed E-state index contributed by atoms with van der Waals surface area (Å²) in [6.45, 7) is 0.613. The number of piperidine rings is 1. The first-order chi connectivity index (χ1) is 16.3. The Morgan fingerprint density at radius 3 is 2.53 bits per heavy atom. The molecule has 180 valence electrons. The maximum absolute atomic E-state index is 13.2. The molecule has 3 heterocycles. The van der Waals surface area contributed by atoms with Crippen molar-refractivity contribution in [3.63, 3.8) is 0 Å². The van der Waals surface area contributed by atoms with E-state index in [9.17, 15) is 22.8 Å². The van der Waals surface area contributed by atoms with Gasteiger partial charge in [0.05, 0.1) is 4.90 Å². The predicted octanol–water partition coefficient (Wildman–Crippen LogP) is 2.64. The summed E-state index contributed by atoms with van der Waals surface area (Å²) in [5.74, 6) is -0.941. The van der Waals surface area contributed by atoms with Crippen LogP contribution in [0, 0.1) is 0 Å². The Morgan fingerprint density at radius 2 is 1.79 bits per heavy atom. The first-order valence-electron chi connectivity index (χ1n) is 11.4. The number of urea groups is 1. The highest BCUT2D eigenvalue weighted by Crippen LogP contribution is 2.42. The highest BCUT2D eigenvalue weighted by Gasteiger charge is 2.54. The Hall–Kier alpha value is -2.76. The van der Waals surface area contributed by atoms with E-state index in [1.165, 1.54) is 28.6 Å². The average Bonchev–Trinajstić information content (AvgIpc) is 3.41. The zero-order valence-electron chi connectivity index (χ0n) is 18.6. The van der Waals surface area contributed by atoms with Crippen molar-refractivity contribution in [3.05, 3.63) is 46.2 Å². The molecule has 1 aromatic carbocycles. The third-order valence-electron chi connectivity index (χ3n) is 6.73. The molecule has 11 heteroatoms. The van der Waals surface area contributed by atoms with Crippen LogP contribution in [0.25, 0.3) is 0 Å². The summed E-state index contributed by atoms with van der Waals surface area (Å²) in [5, 5.41) is 7.40. The van der Waals surface area contributed by atoms with Crippen molar-refractivity contribution in [1.29, 1.82) is 0 Å². The molecule has 34 heavy (non-hydrogen) atoms. The van der Waals surface area contributed by atoms with Crippen LogP contribution in [0.4, 0.5) is 10.5 Å². The number of nitrogens with one attached hydrogen (secondary N) is 2. The molecule has 0 bridgehead atoms. The first kappa shape index (κ1) is 23.0. The van der Waals surface area contributed by atoms with Crippen LogP contribution < -0.4 is 10.6 Å². The van der Waals surface area contributed by atoms with Crippen molar-refractivity contribution in [2.75, 3.05) is 25.0 Å². The van der Waals surface area contributed by atoms with Crippen LogP contribution in [-0.4, -0.2) is 55.1 Å². The predicted molar refractivity (Wildman–Crippen MR) is 127 cm³/mol. The number of thiophene rings is 1. The fourth-order valence-electron chi connectivity index (χ4n) is 4.99. The Balaban J connectivity index is 1.25. The van der Waals surface area contributed by atoms with Crippen molar-refractivity contribution in [3.8, 4) is 0 Å². The second-order valence-corrected chi connectivity index (χ2v) is 11.8. The standard InChI is InChI=1S/C23H26N4O5S2/c28-20(24-16-6-8-17(9-7-16)34(31,32)26-12-2-1-3-13-26)15-27-21(29)23(25-22(27)30)11-4-5-19-18(23)10-14-33-19/h6-10,14H,1-5,11-13,15H2,(H,24,28)(H,25,30)/t23-/m0/s1. The molecule has 0 radical (unpaired) electrons. The summed E-state index contributed by atoms with van der Waals surface area (Å²) in [4.78, 5) is 40.7. The van der Waals surface area contributed by atoms with Gasteiger partial charge in [-0.05, 0) is 67.8 Å². The van der Waals surface area contributed by atoms with Gasteiger partial charge in [-0.1, -0.05) is 6.42 Å². The van der Waals surface area contributed by atoms with Gasteiger partial charge >= 0.3 is 6.03 Å². The number of aryl methyl sites for hydroxylation is 1. The molecular weight excluding hydrogens is 476 g/mol. The number of rotatable bonds is 5. The largest absolute Gasteiger partial charge is 0.325 e. The summed E-state index contributed by atoms with van der Waals surface area (Å²) in [6.07, 6.45) is 4.90. The number of nitrogens with zero attached hydrogens (tertiary/aromatic N) is 2. The Bertz CT molecular complexity index is 1230. The second-order valence-electron chi connectivity index (χ2n) is 8.88. The Kier molecular flexibility index (Phi) is 5.95. The van der Waals surface area contributed by atoms with Crippen molar-refractivity contribution >= 4 is 44.9 Å². The minimum atomic E-state index is -3.56. The second kappa shape index (κ2) is 8.79. The quantitative estimate of drug-likeness (QED) is 0.610. The molecule has 1 spiro atoms. The third-order valence-corrected chi connectivity index (χ3v) is 9.62. The molecular formula is C23H26N4O5S2. The summed E-state index contributed by atoms with van der Waals surface area (Å²) >= 11 is 1.57. The SMILES string of the molecule is O=C(CN1C(=O)N[C@]2(CCCc3sccc32)C1=O)Nc1ccc(S(=O)(=O)N2CCCCC2)cc1. The number of hydrogen-bond donors (Lipinski definition) is 2. The molecule has 2 aliphatic heterocycles. The summed E-state index contributed by atoms with van der Waals surface area (Å²) in [6, 6.07) is 7.24. The van der Waals surface area contributed by atoms with Crippen LogP contribution in [0.3, 0.4) is 0 Å². The molecule has 4 amide bonds. The molecule has 1 aliphatic carbocycles. The van der Waals surface area contributed by atoms with Gasteiger partial charge in [-0.3, -0.25) is 14.5 Å². The minimum absolute atomic E-state index is 0.173. The monoisotopic (exact) mass is 502 g/mol. The van der Waals surface area contributed by atoms with Crippen LogP contribution >= 0.6 is 11.3 Å². The Labute approximate surface area is 202 Å². The molecule has 2 aromatic rings. The van der Waals surface area contributed by atoms with Crippen molar-refractivity contribution in [2.45, 2.75) is 49.0 Å². The van der Waals surface area contributed by atoms with Crippen molar-refractivity contribution in [1.82, 2.24) is 14.5 Å². The zero-order valence-corrected chi connectivity index (χ0v) is 20.2.